The van der Waals surface area contributed by atoms with Gasteiger partial charge in [-0.1, -0.05) is 23.7 Å². The van der Waals surface area contributed by atoms with Crippen LogP contribution in [-0.4, -0.2) is 48.3 Å². The highest BCUT2D eigenvalue weighted by atomic mass is 35.5. The van der Waals surface area contributed by atoms with Gasteiger partial charge in [-0.25, -0.2) is 9.18 Å². The highest BCUT2D eigenvalue weighted by molar-refractivity contribution is 6.31. The minimum Gasteiger partial charge on any atom is -0.490 e. The predicted octanol–water partition coefficient (Wildman–Crippen LogP) is 3.89. The number of urea groups is 1. The maximum atomic E-state index is 14.0. The molecule has 31 heavy (non-hydrogen) atoms. The zero-order valence-corrected chi connectivity index (χ0v) is 17.9. The van der Waals surface area contributed by atoms with Crippen molar-refractivity contribution in [2.24, 2.45) is 0 Å². The van der Waals surface area contributed by atoms with Crippen LogP contribution >= 0.6 is 11.6 Å². The molecule has 9 heteroatoms. The number of carbonyl (C=O) groups is 3. The van der Waals surface area contributed by atoms with Gasteiger partial charge in [0, 0.05) is 19.7 Å². The van der Waals surface area contributed by atoms with Crippen LogP contribution < -0.4 is 9.47 Å². The third kappa shape index (κ3) is 4.54. The van der Waals surface area contributed by atoms with Crippen molar-refractivity contribution in [3.8, 4) is 11.5 Å². The molecule has 162 valence electrons. The minimum atomic E-state index is -0.697. The summed E-state index contributed by atoms with van der Waals surface area (Å²) in [6, 6.07) is 8.46. The summed E-state index contributed by atoms with van der Waals surface area (Å²) in [7, 11) is 2.61. The van der Waals surface area contributed by atoms with E-state index in [0.717, 1.165) is 9.80 Å². The van der Waals surface area contributed by atoms with Crippen LogP contribution in [0.15, 0.2) is 42.0 Å². The van der Waals surface area contributed by atoms with Gasteiger partial charge in [0.2, 0.25) is 0 Å². The second-order valence-electron chi connectivity index (χ2n) is 6.70. The summed E-state index contributed by atoms with van der Waals surface area (Å²) in [6.45, 7) is 2.00. The fourth-order valence-electron chi connectivity index (χ4n) is 2.96. The molecule has 1 fully saturated rings. The largest absolute Gasteiger partial charge is 0.490 e. The van der Waals surface area contributed by atoms with Crippen LogP contribution in [0, 0.1) is 5.82 Å². The Morgan fingerprint density at radius 2 is 1.68 bits per heavy atom. The molecule has 0 bridgehead atoms. The molecule has 0 atom stereocenters. The number of hydrogen-bond acceptors (Lipinski definition) is 5. The lowest BCUT2D eigenvalue weighted by atomic mass is 10.1. The van der Waals surface area contributed by atoms with E-state index in [1.807, 2.05) is 0 Å². The highest BCUT2D eigenvalue weighted by Gasteiger charge is 2.37. The molecule has 0 spiro atoms. The summed E-state index contributed by atoms with van der Waals surface area (Å²) >= 11 is 6.04. The molecule has 3 rings (SSSR count). The van der Waals surface area contributed by atoms with Gasteiger partial charge in [0.1, 0.15) is 18.0 Å². The van der Waals surface area contributed by atoms with Gasteiger partial charge in [0.25, 0.3) is 11.8 Å². The molecule has 1 heterocycles. The zero-order valence-electron chi connectivity index (χ0n) is 17.1. The standard InChI is InChI=1S/C22H20ClFN2O5/c1-4-30-19-11-13(10-14-20(27)25(2)22(29)26(3)21(14)28)8-9-18(19)31-12-15-16(23)6-5-7-17(15)24/h5-11H,4,12H2,1-3H3. The van der Waals surface area contributed by atoms with Gasteiger partial charge in [-0.15, -0.1) is 0 Å². The van der Waals surface area contributed by atoms with Crippen LogP contribution in [0.4, 0.5) is 9.18 Å². The number of ether oxygens (including phenoxy) is 2. The molecule has 1 aliphatic heterocycles. The van der Waals surface area contributed by atoms with Gasteiger partial charge in [-0.2, -0.15) is 0 Å². The number of barbiturate groups is 1. The third-order valence-corrected chi connectivity index (χ3v) is 5.01. The van der Waals surface area contributed by atoms with E-state index < -0.39 is 23.7 Å². The first kappa shape index (κ1) is 22.3. The van der Waals surface area contributed by atoms with Crippen LogP contribution in [0.2, 0.25) is 5.02 Å². The van der Waals surface area contributed by atoms with Gasteiger partial charge < -0.3 is 9.47 Å². The molecule has 0 aliphatic carbocycles. The minimum absolute atomic E-state index is 0.110. The van der Waals surface area contributed by atoms with Crippen molar-refractivity contribution in [3.63, 3.8) is 0 Å². The number of rotatable bonds is 6. The van der Waals surface area contributed by atoms with E-state index in [-0.39, 0.29) is 22.8 Å². The monoisotopic (exact) mass is 446 g/mol. The Morgan fingerprint density at radius 1 is 1.00 bits per heavy atom. The molecule has 0 N–H and O–H groups in total. The number of amides is 4. The average molecular weight is 447 g/mol. The molecule has 1 saturated heterocycles. The molecule has 2 aromatic rings. The summed E-state index contributed by atoms with van der Waals surface area (Å²) in [6.07, 6.45) is 1.38. The lowest BCUT2D eigenvalue weighted by Crippen LogP contribution is -2.52. The number of carbonyl (C=O) groups excluding carboxylic acids is 3. The number of imide groups is 2. The first-order chi connectivity index (χ1) is 14.7. The van der Waals surface area contributed by atoms with Crippen LogP contribution in [0.5, 0.6) is 11.5 Å². The molecular formula is C22H20ClFN2O5. The Hall–Kier alpha value is -3.39. The number of nitrogens with zero attached hydrogens (tertiary/aromatic N) is 2. The lowest BCUT2D eigenvalue weighted by molar-refractivity contribution is -0.134. The van der Waals surface area contributed by atoms with Gasteiger partial charge in [-0.3, -0.25) is 19.4 Å². The Bertz CT molecular complexity index is 1040. The summed E-state index contributed by atoms with van der Waals surface area (Å²) in [4.78, 5) is 38.4. The van der Waals surface area contributed by atoms with Crippen molar-refractivity contribution in [3.05, 3.63) is 63.9 Å². The first-order valence-corrected chi connectivity index (χ1v) is 9.76. The van der Waals surface area contributed by atoms with Crippen molar-refractivity contribution in [1.29, 1.82) is 0 Å². The number of hydrogen-bond donors (Lipinski definition) is 0. The smallest absolute Gasteiger partial charge is 0.333 e. The molecule has 0 radical (unpaired) electrons. The van der Waals surface area contributed by atoms with E-state index in [2.05, 4.69) is 0 Å². The Kier molecular flexibility index (Phi) is 6.60. The van der Waals surface area contributed by atoms with E-state index in [0.29, 0.717) is 23.7 Å². The quantitative estimate of drug-likeness (QED) is 0.497. The van der Waals surface area contributed by atoms with Crippen LogP contribution in [0.25, 0.3) is 6.08 Å². The fourth-order valence-corrected chi connectivity index (χ4v) is 3.18. The molecule has 1 aliphatic rings. The second kappa shape index (κ2) is 9.18. The van der Waals surface area contributed by atoms with E-state index in [4.69, 9.17) is 21.1 Å². The predicted molar refractivity (Wildman–Crippen MR) is 112 cm³/mol. The van der Waals surface area contributed by atoms with E-state index in [9.17, 15) is 18.8 Å². The summed E-state index contributed by atoms with van der Waals surface area (Å²) in [5.41, 5.74) is 0.554. The first-order valence-electron chi connectivity index (χ1n) is 9.38. The van der Waals surface area contributed by atoms with Gasteiger partial charge >= 0.3 is 6.03 Å². The molecule has 0 aromatic heterocycles. The average Bonchev–Trinajstić information content (AvgIpc) is 2.75. The Labute approximate surface area is 183 Å². The molecule has 2 aromatic carbocycles. The van der Waals surface area contributed by atoms with Crippen molar-refractivity contribution in [2.45, 2.75) is 13.5 Å². The van der Waals surface area contributed by atoms with E-state index in [1.54, 1.807) is 31.2 Å². The second-order valence-corrected chi connectivity index (χ2v) is 7.10. The van der Waals surface area contributed by atoms with Crippen molar-refractivity contribution >= 4 is 35.5 Å². The maximum Gasteiger partial charge on any atom is 0.333 e. The number of likely N-dealkylation sites (N-methyl/N-ethyl adjacent to an activating group) is 2. The summed E-state index contributed by atoms with van der Waals surface area (Å²) < 4.78 is 25.3. The van der Waals surface area contributed by atoms with E-state index in [1.165, 1.54) is 32.3 Å². The topological polar surface area (TPSA) is 76.2 Å². The van der Waals surface area contributed by atoms with Crippen LogP contribution in [-0.2, 0) is 16.2 Å². The van der Waals surface area contributed by atoms with Crippen molar-refractivity contribution in [2.75, 3.05) is 20.7 Å². The molecule has 0 saturated carbocycles. The molecule has 7 nitrogen and oxygen atoms in total. The van der Waals surface area contributed by atoms with Gasteiger partial charge in [0.05, 0.1) is 11.6 Å². The lowest BCUT2D eigenvalue weighted by Gasteiger charge is -2.28. The van der Waals surface area contributed by atoms with Gasteiger partial charge in [-0.05, 0) is 42.8 Å². The molecular weight excluding hydrogens is 427 g/mol. The van der Waals surface area contributed by atoms with Crippen molar-refractivity contribution in [1.82, 2.24) is 9.80 Å². The Morgan fingerprint density at radius 3 is 2.29 bits per heavy atom. The maximum absolute atomic E-state index is 14.0. The van der Waals surface area contributed by atoms with Crippen LogP contribution in [0.1, 0.15) is 18.1 Å². The summed E-state index contributed by atoms with van der Waals surface area (Å²) in [5.74, 6) is -1.18. The van der Waals surface area contributed by atoms with Gasteiger partial charge in [0.15, 0.2) is 11.5 Å². The highest BCUT2D eigenvalue weighted by Crippen LogP contribution is 2.31. The number of halogens is 2. The number of benzene rings is 2. The third-order valence-electron chi connectivity index (χ3n) is 4.66. The normalized spacial score (nSPS) is 14.2. The Balaban J connectivity index is 1.90. The SMILES string of the molecule is CCOc1cc(C=C2C(=O)N(C)C(=O)N(C)C2=O)ccc1OCc1c(F)cccc1Cl. The van der Waals surface area contributed by atoms with E-state index >= 15 is 0 Å². The summed E-state index contributed by atoms with van der Waals surface area (Å²) in [5, 5.41) is 0.247. The van der Waals surface area contributed by atoms with Crippen molar-refractivity contribution < 1.29 is 28.2 Å². The van der Waals surface area contributed by atoms with Crippen LogP contribution in [0.3, 0.4) is 0 Å². The fraction of sp³-hybridized carbons (Fsp3) is 0.227. The molecule has 4 amide bonds. The zero-order chi connectivity index (χ0) is 22.7. The molecule has 0 unspecified atom stereocenters.